The Morgan fingerprint density at radius 3 is 2.75 bits per heavy atom. The van der Waals surface area contributed by atoms with Crippen LogP contribution in [0.15, 0.2) is 11.4 Å². The second-order valence-electron chi connectivity index (χ2n) is 3.15. The topological polar surface area (TPSA) is 46.3 Å². The van der Waals surface area contributed by atoms with Gasteiger partial charge in [-0.2, -0.15) is 0 Å². The van der Waals surface area contributed by atoms with Crippen LogP contribution in [0.25, 0.3) is 0 Å². The van der Waals surface area contributed by atoms with E-state index in [0.717, 1.165) is 18.7 Å². The van der Waals surface area contributed by atoms with Gasteiger partial charge in [0.1, 0.15) is 4.88 Å². The lowest BCUT2D eigenvalue weighted by molar-refractivity contribution is 0.0777. The van der Waals surface area contributed by atoms with E-state index in [2.05, 4.69) is 11.8 Å². The lowest BCUT2D eigenvalue weighted by Gasteiger charge is -2.17. The Morgan fingerprint density at radius 1 is 1.50 bits per heavy atom. The van der Waals surface area contributed by atoms with Crippen LogP contribution < -0.4 is 5.73 Å². The SMILES string of the molecule is CCN(CC)C(=O)c1sccc1C#CCN. The van der Waals surface area contributed by atoms with Crippen LogP contribution in [0.1, 0.15) is 29.1 Å². The molecule has 0 spiro atoms. The van der Waals surface area contributed by atoms with Crippen molar-refractivity contribution in [2.45, 2.75) is 13.8 Å². The molecule has 1 heterocycles. The summed E-state index contributed by atoms with van der Waals surface area (Å²) in [6.45, 7) is 5.70. The molecule has 0 radical (unpaired) electrons. The lowest BCUT2D eigenvalue weighted by Crippen LogP contribution is -2.30. The summed E-state index contributed by atoms with van der Waals surface area (Å²) in [4.78, 5) is 14.6. The molecule has 0 saturated heterocycles. The molecule has 0 aliphatic heterocycles. The van der Waals surface area contributed by atoms with Crippen molar-refractivity contribution in [1.82, 2.24) is 4.90 Å². The largest absolute Gasteiger partial charge is 0.338 e. The van der Waals surface area contributed by atoms with Crippen LogP contribution in [0.4, 0.5) is 0 Å². The van der Waals surface area contributed by atoms with Crippen LogP contribution in [0.2, 0.25) is 0 Å². The molecule has 3 nitrogen and oxygen atoms in total. The van der Waals surface area contributed by atoms with Gasteiger partial charge in [0, 0.05) is 18.7 Å². The summed E-state index contributed by atoms with van der Waals surface area (Å²) in [5.74, 6) is 5.76. The highest BCUT2D eigenvalue weighted by Crippen LogP contribution is 2.18. The Hall–Kier alpha value is -1.31. The van der Waals surface area contributed by atoms with E-state index in [0.29, 0.717) is 11.4 Å². The van der Waals surface area contributed by atoms with Crippen molar-refractivity contribution < 1.29 is 4.79 Å². The normalized spacial score (nSPS) is 9.44. The van der Waals surface area contributed by atoms with E-state index >= 15 is 0 Å². The number of nitrogens with two attached hydrogens (primary N) is 1. The molecule has 86 valence electrons. The molecule has 0 aliphatic carbocycles. The first-order valence-corrected chi connectivity index (χ1v) is 6.18. The van der Waals surface area contributed by atoms with E-state index in [1.165, 1.54) is 11.3 Å². The van der Waals surface area contributed by atoms with Gasteiger partial charge in [0.25, 0.3) is 5.91 Å². The third-order valence-electron chi connectivity index (χ3n) is 2.24. The maximum atomic E-state index is 12.1. The summed E-state index contributed by atoms with van der Waals surface area (Å²) in [6.07, 6.45) is 0. The number of amides is 1. The van der Waals surface area contributed by atoms with E-state index in [1.807, 2.05) is 25.3 Å². The molecular formula is C12H16N2OS. The predicted molar refractivity (Wildman–Crippen MR) is 67.5 cm³/mol. The van der Waals surface area contributed by atoms with Crippen LogP contribution in [0.3, 0.4) is 0 Å². The smallest absolute Gasteiger partial charge is 0.265 e. The molecule has 1 aromatic heterocycles. The average molecular weight is 236 g/mol. The number of hydrogen-bond acceptors (Lipinski definition) is 3. The Morgan fingerprint density at radius 2 is 2.19 bits per heavy atom. The zero-order chi connectivity index (χ0) is 12.0. The quantitative estimate of drug-likeness (QED) is 0.809. The molecule has 4 heteroatoms. The number of rotatable bonds is 3. The zero-order valence-electron chi connectivity index (χ0n) is 9.62. The third-order valence-corrected chi connectivity index (χ3v) is 3.14. The molecule has 1 aromatic rings. The van der Waals surface area contributed by atoms with Gasteiger partial charge in [0.05, 0.1) is 6.54 Å². The number of nitrogens with zero attached hydrogens (tertiary/aromatic N) is 1. The van der Waals surface area contributed by atoms with E-state index in [1.54, 1.807) is 4.90 Å². The monoisotopic (exact) mass is 236 g/mol. The molecule has 0 saturated carbocycles. The van der Waals surface area contributed by atoms with Gasteiger partial charge in [-0.3, -0.25) is 4.79 Å². The fourth-order valence-electron chi connectivity index (χ4n) is 1.37. The molecule has 1 amide bonds. The van der Waals surface area contributed by atoms with Gasteiger partial charge in [-0.05, 0) is 25.3 Å². The van der Waals surface area contributed by atoms with Crippen molar-refractivity contribution in [2.24, 2.45) is 5.73 Å². The molecule has 0 aliphatic rings. The van der Waals surface area contributed by atoms with Crippen molar-refractivity contribution in [3.8, 4) is 11.8 Å². The average Bonchev–Trinajstić information content (AvgIpc) is 2.75. The molecular weight excluding hydrogens is 220 g/mol. The molecule has 0 unspecified atom stereocenters. The Kier molecular flexibility index (Phi) is 5.03. The third kappa shape index (κ3) is 2.84. The first-order valence-electron chi connectivity index (χ1n) is 5.30. The summed E-state index contributed by atoms with van der Waals surface area (Å²) in [6, 6.07) is 1.87. The summed E-state index contributed by atoms with van der Waals surface area (Å²) >= 11 is 1.43. The van der Waals surface area contributed by atoms with E-state index < -0.39 is 0 Å². The van der Waals surface area contributed by atoms with Gasteiger partial charge in [-0.15, -0.1) is 11.3 Å². The van der Waals surface area contributed by atoms with Crippen LogP contribution in [0.5, 0.6) is 0 Å². The first-order chi connectivity index (χ1) is 7.74. The van der Waals surface area contributed by atoms with Crippen LogP contribution >= 0.6 is 11.3 Å². The number of carbonyl (C=O) groups is 1. The highest BCUT2D eigenvalue weighted by molar-refractivity contribution is 7.12. The zero-order valence-corrected chi connectivity index (χ0v) is 10.4. The Labute approximate surface area is 100 Å². The Balaban J connectivity index is 2.95. The highest BCUT2D eigenvalue weighted by Gasteiger charge is 2.16. The summed E-state index contributed by atoms with van der Waals surface area (Å²) in [7, 11) is 0. The fraction of sp³-hybridized carbons (Fsp3) is 0.417. The summed E-state index contributed by atoms with van der Waals surface area (Å²) in [5.41, 5.74) is 6.10. The fourth-order valence-corrected chi connectivity index (χ4v) is 2.19. The number of thiophene rings is 1. The van der Waals surface area contributed by atoms with E-state index in [9.17, 15) is 4.79 Å². The van der Waals surface area contributed by atoms with Crippen LogP contribution in [0, 0.1) is 11.8 Å². The minimum absolute atomic E-state index is 0.0568. The van der Waals surface area contributed by atoms with Crippen molar-refractivity contribution in [2.75, 3.05) is 19.6 Å². The van der Waals surface area contributed by atoms with Crippen LogP contribution in [-0.4, -0.2) is 30.4 Å². The number of hydrogen-bond donors (Lipinski definition) is 1. The van der Waals surface area contributed by atoms with Crippen molar-refractivity contribution >= 4 is 17.2 Å². The maximum absolute atomic E-state index is 12.1. The summed E-state index contributed by atoms with van der Waals surface area (Å²) < 4.78 is 0. The molecule has 0 bridgehead atoms. The van der Waals surface area contributed by atoms with Gasteiger partial charge in [0.2, 0.25) is 0 Å². The van der Waals surface area contributed by atoms with Gasteiger partial charge in [-0.1, -0.05) is 11.8 Å². The molecule has 0 atom stereocenters. The maximum Gasteiger partial charge on any atom is 0.265 e. The molecule has 0 fully saturated rings. The van der Waals surface area contributed by atoms with Crippen LogP contribution in [-0.2, 0) is 0 Å². The van der Waals surface area contributed by atoms with Gasteiger partial charge in [0.15, 0.2) is 0 Å². The minimum atomic E-state index is 0.0568. The standard InChI is InChI=1S/C12H16N2OS/c1-3-14(4-2)12(15)11-10(6-5-8-13)7-9-16-11/h7,9H,3-4,8,13H2,1-2H3. The summed E-state index contributed by atoms with van der Waals surface area (Å²) in [5, 5.41) is 1.89. The van der Waals surface area contributed by atoms with Gasteiger partial charge < -0.3 is 10.6 Å². The van der Waals surface area contributed by atoms with Gasteiger partial charge in [-0.25, -0.2) is 0 Å². The molecule has 16 heavy (non-hydrogen) atoms. The number of carbonyl (C=O) groups excluding carboxylic acids is 1. The van der Waals surface area contributed by atoms with Crippen molar-refractivity contribution in [1.29, 1.82) is 0 Å². The second-order valence-corrected chi connectivity index (χ2v) is 4.06. The van der Waals surface area contributed by atoms with Crippen molar-refractivity contribution in [3.63, 3.8) is 0 Å². The van der Waals surface area contributed by atoms with Crippen molar-refractivity contribution in [3.05, 3.63) is 21.9 Å². The molecule has 0 aromatic carbocycles. The highest BCUT2D eigenvalue weighted by atomic mass is 32.1. The minimum Gasteiger partial charge on any atom is -0.338 e. The lowest BCUT2D eigenvalue weighted by atomic mass is 10.2. The first kappa shape index (κ1) is 12.8. The van der Waals surface area contributed by atoms with E-state index in [-0.39, 0.29) is 5.91 Å². The predicted octanol–water partition coefficient (Wildman–Crippen LogP) is 1.54. The van der Waals surface area contributed by atoms with E-state index in [4.69, 9.17) is 5.73 Å². The molecule has 2 N–H and O–H groups in total. The Bertz CT molecular complexity index is 410. The molecule has 1 rings (SSSR count). The second kappa shape index (κ2) is 6.31. The van der Waals surface area contributed by atoms with Gasteiger partial charge >= 0.3 is 0 Å².